The van der Waals surface area contributed by atoms with Gasteiger partial charge >= 0.3 is 0 Å². The Morgan fingerprint density at radius 2 is 1.74 bits per heavy atom. The van der Waals surface area contributed by atoms with Crippen LogP contribution in [0.5, 0.6) is 5.75 Å². The Kier molecular flexibility index (Phi) is 5.22. The molecule has 0 amide bonds. The van der Waals surface area contributed by atoms with Gasteiger partial charge < -0.3 is 25.2 Å². The quantitative estimate of drug-likeness (QED) is 0.440. The van der Waals surface area contributed by atoms with Crippen LogP contribution >= 0.6 is 0 Å². The molecule has 5 rings (SSSR count). The number of phenolic OH excluding ortho intramolecular Hbond substituents is 1. The number of benzene rings is 1. The van der Waals surface area contributed by atoms with E-state index in [2.05, 4.69) is 35.1 Å². The van der Waals surface area contributed by atoms with Crippen molar-refractivity contribution in [2.24, 2.45) is 0 Å². The number of rotatable bonds is 6. The highest BCUT2D eigenvalue weighted by molar-refractivity contribution is 5.83. The molecule has 3 N–H and O–H groups in total. The molecule has 31 heavy (non-hydrogen) atoms. The first kappa shape index (κ1) is 19.1. The Bertz CT molecular complexity index is 1140. The van der Waals surface area contributed by atoms with E-state index in [1.54, 1.807) is 18.5 Å². The second-order valence-electron chi connectivity index (χ2n) is 7.48. The van der Waals surface area contributed by atoms with E-state index in [4.69, 9.17) is 4.98 Å². The number of hydrogen-bond acceptors (Lipinski definition) is 8. The van der Waals surface area contributed by atoms with Crippen molar-refractivity contribution in [3.63, 3.8) is 0 Å². The van der Waals surface area contributed by atoms with Crippen LogP contribution < -0.4 is 15.1 Å². The normalized spacial score (nSPS) is 14.2. The molecular formula is C22H24N8O. The first-order valence-corrected chi connectivity index (χ1v) is 10.4. The van der Waals surface area contributed by atoms with Gasteiger partial charge in [-0.05, 0) is 36.2 Å². The first-order valence-electron chi connectivity index (χ1n) is 10.4. The molecule has 1 aromatic carbocycles. The van der Waals surface area contributed by atoms with Crippen LogP contribution in [-0.2, 0) is 6.42 Å². The molecule has 0 atom stereocenters. The van der Waals surface area contributed by atoms with E-state index in [0.717, 1.165) is 55.3 Å². The van der Waals surface area contributed by atoms with E-state index in [1.165, 1.54) is 0 Å². The molecule has 3 aromatic heterocycles. The Morgan fingerprint density at radius 1 is 0.935 bits per heavy atom. The van der Waals surface area contributed by atoms with Gasteiger partial charge in [-0.25, -0.2) is 9.97 Å². The summed E-state index contributed by atoms with van der Waals surface area (Å²) >= 11 is 0. The number of piperazine rings is 1. The molecule has 1 aliphatic rings. The van der Waals surface area contributed by atoms with Crippen molar-refractivity contribution < 1.29 is 5.11 Å². The molecule has 0 unspecified atom stereocenters. The zero-order valence-corrected chi connectivity index (χ0v) is 17.1. The first-order chi connectivity index (χ1) is 15.3. The Labute approximate surface area is 179 Å². The third-order valence-electron chi connectivity index (χ3n) is 5.45. The van der Waals surface area contributed by atoms with E-state index in [0.29, 0.717) is 18.1 Å². The number of aromatic amines is 1. The summed E-state index contributed by atoms with van der Waals surface area (Å²) in [5.74, 6) is 2.72. The lowest BCUT2D eigenvalue weighted by molar-refractivity contribution is 0.475. The summed E-state index contributed by atoms with van der Waals surface area (Å²) in [7, 11) is 0. The minimum atomic E-state index is 0.277. The molecule has 0 radical (unpaired) electrons. The minimum Gasteiger partial charge on any atom is -0.508 e. The zero-order valence-electron chi connectivity index (χ0n) is 17.1. The third-order valence-corrected chi connectivity index (χ3v) is 5.45. The van der Waals surface area contributed by atoms with Gasteiger partial charge in [0, 0.05) is 38.9 Å². The van der Waals surface area contributed by atoms with Crippen molar-refractivity contribution in [2.75, 3.05) is 47.8 Å². The number of pyridine rings is 1. The highest BCUT2D eigenvalue weighted by atomic mass is 16.3. The molecule has 0 bridgehead atoms. The molecule has 0 aliphatic carbocycles. The molecule has 1 fully saturated rings. The van der Waals surface area contributed by atoms with Gasteiger partial charge in [0.05, 0.1) is 6.33 Å². The number of nitrogens with one attached hydrogen (secondary N) is 2. The van der Waals surface area contributed by atoms with Crippen LogP contribution in [0.4, 0.5) is 17.6 Å². The molecule has 4 aromatic rings. The second-order valence-corrected chi connectivity index (χ2v) is 7.48. The standard InChI is InChI=1S/C22H24N8O/c31-17-6-4-16(5-7-17)8-10-24-20-19-21(26-15-25-19)28-22(27-20)30-13-11-29(12-14-30)18-3-1-2-9-23-18/h1-7,9,15,31H,8,10-14H2,(H2,24,25,26,27,28). The van der Waals surface area contributed by atoms with Gasteiger partial charge in [-0.3, -0.25) is 0 Å². The van der Waals surface area contributed by atoms with Crippen molar-refractivity contribution in [3.8, 4) is 5.75 Å². The van der Waals surface area contributed by atoms with Gasteiger partial charge in [-0.2, -0.15) is 9.97 Å². The summed E-state index contributed by atoms with van der Waals surface area (Å²) in [6.45, 7) is 4.08. The molecule has 0 saturated carbocycles. The number of imidazole rings is 1. The number of H-pyrrole nitrogens is 1. The van der Waals surface area contributed by atoms with Gasteiger partial charge in [0.1, 0.15) is 17.1 Å². The van der Waals surface area contributed by atoms with Gasteiger partial charge in [0.15, 0.2) is 11.5 Å². The number of nitrogens with zero attached hydrogens (tertiary/aromatic N) is 6. The SMILES string of the molecule is Oc1ccc(CCNc2nc(N3CCN(c4ccccn4)CC3)nc3nc[nH]c23)cc1. The van der Waals surface area contributed by atoms with E-state index in [1.807, 2.05) is 36.5 Å². The van der Waals surface area contributed by atoms with Crippen molar-refractivity contribution >= 4 is 28.7 Å². The maximum absolute atomic E-state index is 9.44. The van der Waals surface area contributed by atoms with Crippen LogP contribution in [0.25, 0.3) is 11.2 Å². The number of fused-ring (bicyclic) bond motifs is 1. The third kappa shape index (κ3) is 4.20. The average Bonchev–Trinajstić information content (AvgIpc) is 3.30. The highest BCUT2D eigenvalue weighted by Gasteiger charge is 2.21. The number of aromatic hydroxyl groups is 1. The van der Waals surface area contributed by atoms with E-state index < -0.39 is 0 Å². The Balaban J connectivity index is 1.28. The number of hydrogen-bond donors (Lipinski definition) is 3. The second kappa shape index (κ2) is 8.47. The fourth-order valence-corrected chi connectivity index (χ4v) is 3.76. The largest absolute Gasteiger partial charge is 0.508 e. The van der Waals surface area contributed by atoms with Crippen molar-refractivity contribution in [1.29, 1.82) is 0 Å². The predicted molar refractivity (Wildman–Crippen MR) is 121 cm³/mol. The zero-order chi connectivity index (χ0) is 21.0. The van der Waals surface area contributed by atoms with E-state index in [9.17, 15) is 5.11 Å². The maximum Gasteiger partial charge on any atom is 0.229 e. The Hall–Kier alpha value is -3.88. The topological polar surface area (TPSA) is 106 Å². The highest BCUT2D eigenvalue weighted by Crippen LogP contribution is 2.23. The van der Waals surface area contributed by atoms with Crippen LogP contribution in [0.2, 0.25) is 0 Å². The van der Waals surface area contributed by atoms with Crippen LogP contribution in [0.1, 0.15) is 5.56 Å². The molecular weight excluding hydrogens is 392 g/mol. The lowest BCUT2D eigenvalue weighted by atomic mass is 10.1. The summed E-state index contributed by atoms with van der Waals surface area (Å²) in [5, 5.41) is 12.9. The number of phenols is 1. The van der Waals surface area contributed by atoms with Crippen molar-refractivity contribution in [3.05, 3.63) is 60.6 Å². The summed E-state index contributed by atoms with van der Waals surface area (Å²) in [5.41, 5.74) is 2.61. The van der Waals surface area contributed by atoms with E-state index >= 15 is 0 Å². The molecule has 1 aliphatic heterocycles. The summed E-state index contributed by atoms with van der Waals surface area (Å²) in [6.07, 6.45) is 4.29. The summed E-state index contributed by atoms with van der Waals surface area (Å²) in [4.78, 5) is 25.9. The van der Waals surface area contributed by atoms with Crippen LogP contribution in [-0.4, -0.2) is 62.8 Å². The minimum absolute atomic E-state index is 0.277. The smallest absolute Gasteiger partial charge is 0.229 e. The summed E-state index contributed by atoms with van der Waals surface area (Å²) < 4.78 is 0. The monoisotopic (exact) mass is 416 g/mol. The van der Waals surface area contributed by atoms with Crippen LogP contribution in [0, 0.1) is 0 Å². The predicted octanol–water partition coefficient (Wildman–Crippen LogP) is 2.43. The van der Waals surface area contributed by atoms with Crippen LogP contribution in [0.3, 0.4) is 0 Å². The van der Waals surface area contributed by atoms with Gasteiger partial charge in [0.25, 0.3) is 0 Å². The van der Waals surface area contributed by atoms with Gasteiger partial charge in [-0.15, -0.1) is 0 Å². The molecule has 1 saturated heterocycles. The van der Waals surface area contributed by atoms with Gasteiger partial charge in [-0.1, -0.05) is 18.2 Å². The fourth-order valence-electron chi connectivity index (χ4n) is 3.76. The maximum atomic E-state index is 9.44. The molecule has 9 heteroatoms. The number of aromatic nitrogens is 5. The molecule has 0 spiro atoms. The molecule has 4 heterocycles. The number of anilines is 3. The summed E-state index contributed by atoms with van der Waals surface area (Å²) in [6, 6.07) is 13.2. The lowest BCUT2D eigenvalue weighted by Crippen LogP contribution is -2.47. The fraction of sp³-hybridized carbons (Fsp3) is 0.273. The molecule has 9 nitrogen and oxygen atoms in total. The van der Waals surface area contributed by atoms with Crippen LogP contribution in [0.15, 0.2) is 55.0 Å². The lowest BCUT2D eigenvalue weighted by Gasteiger charge is -2.35. The molecule has 158 valence electrons. The average molecular weight is 416 g/mol. The van der Waals surface area contributed by atoms with Gasteiger partial charge in [0.2, 0.25) is 5.95 Å². The Morgan fingerprint density at radius 3 is 2.52 bits per heavy atom. The van der Waals surface area contributed by atoms with Crippen molar-refractivity contribution in [1.82, 2.24) is 24.9 Å². The van der Waals surface area contributed by atoms with Crippen molar-refractivity contribution in [2.45, 2.75) is 6.42 Å². The van der Waals surface area contributed by atoms with E-state index in [-0.39, 0.29) is 5.75 Å².